The molecule has 0 bridgehead atoms. The molecule has 2 heterocycles. The van der Waals surface area contributed by atoms with Crippen LogP contribution in [-0.2, 0) is 11.6 Å². The second kappa shape index (κ2) is 5.72. The van der Waals surface area contributed by atoms with Gasteiger partial charge in [-0.05, 0) is 49.6 Å². The molecule has 4 nitrogen and oxygen atoms in total. The van der Waals surface area contributed by atoms with Crippen LogP contribution < -0.4 is 10.2 Å². The normalized spacial score (nSPS) is 18.5. The number of urea groups is 1. The highest BCUT2D eigenvalue weighted by molar-refractivity contribution is 5.95. The van der Waals surface area contributed by atoms with Crippen molar-refractivity contribution in [2.45, 2.75) is 37.4 Å². The fourth-order valence-corrected chi connectivity index (χ4v) is 3.52. The molecule has 4 rings (SSSR count). The average molecular weight is 361 g/mol. The molecule has 1 aliphatic heterocycles. The second-order valence-electron chi connectivity index (χ2n) is 7.03. The van der Waals surface area contributed by atoms with Gasteiger partial charge >= 0.3 is 12.2 Å². The molecule has 1 aromatic heterocycles. The number of pyridine rings is 1. The Morgan fingerprint density at radius 1 is 1.23 bits per heavy atom. The van der Waals surface area contributed by atoms with Crippen LogP contribution in [0, 0.1) is 0 Å². The summed E-state index contributed by atoms with van der Waals surface area (Å²) in [5.41, 5.74) is 1.71. The van der Waals surface area contributed by atoms with Gasteiger partial charge in [-0.2, -0.15) is 13.2 Å². The van der Waals surface area contributed by atoms with Crippen LogP contribution in [0.1, 0.15) is 42.6 Å². The van der Waals surface area contributed by atoms with E-state index in [1.807, 2.05) is 6.07 Å². The Kier molecular flexibility index (Phi) is 3.71. The van der Waals surface area contributed by atoms with Crippen molar-refractivity contribution >= 4 is 11.7 Å². The van der Waals surface area contributed by atoms with Crippen molar-refractivity contribution in [1.82, 2.24) is 10.3 Å². The number of fused-ring (bicyclic) bond motifs is 2. The molecular weight excluding hydrogens is 343 g/mol. The monoisotopic (exact) mass is 361 g/mol. The van der Waals surface area contributed by atoms with Gasteiger partial charge in [-0.3, -0.25) is 9.88 Å². The Balaban J connectivity index is 1.49. The summed E-state index contributed by atoms with van der Waals surface area (Å²) in [6.45, 7) is 2.36. The SMILES string of the molecule is CC(NC(=O)N1CC2(CC2)c2ncccc21)c1ccc(C(F)(F)F)cc1. The van der Waals surface area contributed by atoms with Gasteiger partial charge in [0.05, 0.1) is 23.0 Å². The van der Waals surface area contributed by atoms with Crippen LogP contribution in [0.2, 0.25) is 0 Å². The molecule has 1 aliphatic carbocycles. The van der Waals surface area contributed by atoms with E-state index in [4.69, 9.17) is 0 Å². The van der Waals surface area contributed by atoms with E-state index in [9.17, 15) is 18.0 Å². The molecule has 2 aromatic rings. The van der Waals surface area contributed by atoms with E-state index in [-0.39, 0.29) is 11.4 Å². The third kappa shape index (κ3) is 2.81. The van der Waals surface area contributed by atoms with Crippen molar-refractivity contribution in [2.75, 3.05) is 11.4 Å². The Morgan fingerprint density at radius 2 is 1.92 bits per heavy atom. The van der Waals surface area contributed by atoms with Gasteiger partial charge in [0.2, 0.25) is 0 Å². The maximum absolute atomic E-state index is 12.7. The van der Waals surface area contributed by atoms with Crippen LogP contribution in [0.15, 0.2) is 42.6 Å². The molecule has 1 saturated carbocycles. The van der Waals surface area contributed by atoms with Gasteiger partial charge in [-0.25, -0.2) is 4.79 Å². The zero-order chi connectivity index (χ0) is 18.5. The summed E-state index contributed by atoms with van der Waals surface area (Å²) in [6.07, 6.45) is -0.578. The number of anilines is 1. The molecule has 1 N–H and O–H groups in total. The van der Waals surface area contributed by atoms with Crippen molar-refractivity contribution in [2.24, 2.45) is 0 Å². The smallest absolute Gasteiger partial charge is 0.331 e. The van der Waals surface area contributed by atoms with Gasteiger partial charge in [0.25, 0.3) is 0 Å². The van der Waals surface area contributed by atoms with Gasteiger partial charge in [-0.15, -0.1) is 0 Å². The summed E-state index contributed by atoms with van der Waals surface area (Å²) in [5.74, 6) is 0. The predicted molar refractivity (Wildman–Crippen MR) is 90.9 cm³/mol. The number of amides is 2. The quantitative estimate of drug-likeness (QED) is 0.860. The van der Waals surface area contributed by atoms with Gasteiger partial charge in [-0.1, -0.05) is 12.1 Å². The molecule has 0 saturated heterocycles. The molecule has 2 amide bonds. The summed E-state index contributed by atoms with van der Waals surface area (Å²) >= 11 is 0. The van der Waals surface area contributed by atoms with Gasteiger partial charge < -0.3 is 5.32 Å². The summed E-state index contributed by atoms with van der Waals surface area (Å²) < 4.78 is 38.0. The van der Waals surface area contributed by atoms with E-state index >= 15 is 0 Å². The fourth-order valence-electron chi connectivity index (χ4n) is 3.52. The molecule has 7 heteroatoms. The van der Waals surface area contributed by atoms with Gasteiger partial charge in [0.1, 0.15) is 0 Å². The number of carbonyl (C=O) groups is 1. The fraction of sp³-hybridized carbons (Fsp3) is 0.368. The lowest BCUT2D eigenvalue weighted by molar-refractivity contribution is -0.137. The lowest BCUT2D eigenvalue weighted by atomic mass is 10.1. The van der Waals surface area contributed by atoms with Crippen LogP contribution in [-0.4, -0.2) is 17.6 Å². The van der Waals surface area contributed by atoms with E-state index in [0.29, 0.717) is 12.1 Å². The number of aromatic nitrogens is 1. The van der Waals surface area contributed by atoms with Crippen LogP contribution >= 0.6 is 0 Å². The average Bonchev–Trinajstić information content (AvgIpc) is 3.31. The van der Waals surface area contributed by atoms with Gasteiger partial charge in [0, 0.05) is 18.2 Å². The highest BCUT2D eigenvalue weighted by Crippen LogP contribution is 2.55. The number of alkyl halides is 3. The predicted octanol–water partition coefficient (Wildman–Crippen LogP) is 4.42. The summed E-state index contributed by atoms with van der Waals surface area (Å²) in [7, 11) is 0. The molecule has 1 unspecified atom stereocenters. The number of rotatable bonds is 2. The lowest BCUT2D eigenvalue weighted by Crippen LogP contribution is -2.41. The van der Waals surface area contributed by atoms with Crippen LogP contribution in [0.4, 0.5) is 23.7 Å². The van der Waals surface area contributed by atoms with E-state index in [2.05, 4.69) is 10.3 Å². The molecule has 1 fully saturated rings. The number of benzene rings is 1. The summed E-state index contributed by atoms with van der Waals surface area (Å²) in [5, 5.41) is 2.88. The minimum absolute atomic E-state index is 0.00840. The van der Waals surface area contributed by atoms with Crippen molar-refractivity contribution in [3.63, 3.8) is 0 Å². The molecule has 1 spiro atoms. The highest BCUT2D eigenvalue weighted by Gasteiger charge is 2.54. The molecule has 1 atom stereocenters. The number of nitrogens with one attached hydrogen (secondary N) is 1. The topological polar surface area (TPSA) is 45.2 Å². The Labute approximate surface area is 149 Å². The Hall–Kier alpha value is -2.57. The third-order valence-electron chi connectivity index (χ3n) is 5.22. The third-order valence-corrected chi connectivity index (χ3v) is 5.22. The highest BCUT2D eigenvalue weighted by atomic mass is 19.4. The molecule has 136 valence electrons. The molecule has 26 heavy (non-hydrogen) atoms. The lowest BCUT2D eigenvalue weighted by Gasteiger charge is -2.22. The van der Waals surface area contributed by atoms with Crippen molar-refractivity contribution in [3.05, 3.63) is 59.4 Å². The zero-order valence-electron chi connectivity index (χ0n) is 14.2. The first-order valence-corrected chi connectivity index (χ1v) is 8.51. The molecule has 2 aliphatic rings. The van der Waals surface area contributed by atoms with E-state index in [1.165, 1.54) is 12.1 Å². The van der Waals surface area contributed by atoms with Crippen molar-refractivity contribution in [3.8, 4) is 0 Å². The Bertz CT molecular complexity index is 844. The van der Waals surface area contributed by atoms with E-state index in [1.54, 1.807) is 24.1 Å². The van der Waals surface area contributed by atoms with E-state index in [0.717, 1.165) is 36.4 Å². The van der Waals surface area contributed by atoms with Crippen LogP contribution in [0.5, 0.6) is 0 Å². The van der Waals surface area contributed by atoms with Crippen LogP contribution in [0.25, 0.3) is 0 Å². The van der Waals surface area contributed by atoms with E-state index < -0.39 is 17.8 Å². The summed E-state index contributed by atoms with van der Waals surface area (Å²) in [4.78, 5) is 18.9. The first-order chi connectivity index (χ1) is 12.3. The number of halogens is 3. The number of hydrogen-bond acceptors (Lipinski definition) is 2. The van der Waals surface area contributed by atoms with Crippen LogP contribution in [0.3, 0.4) is 0 Å². The van der Waals surface area contributed by atoms with Crippen molar-refractivity contribution < 1.29 is 18.0 Å². The maximum Gasteiger partial charge on any atom is 0.416 e. The number of hydrogen-bond donors (Lipinski definition) is 1. The summed E-state index contributed by atoms with van der Waals surface area (Å²) in [6, 6.07) is 7.90. The minimum atomic E-state index is -4.37. The minimum Gasteiger partial charge on any atom is -0.331 e. The maximum atomic E-state index is 12.7. The first kappa shape index (κ1) is 16.9. The largest absolute Gasteiger partial charge is 0.416 e. The van der Waals surface area contributed by atoms with Crippen molar-refractivity contribution in [1.29, 1.82) is 0 Å². The van der Waals surface area contributed by atoms with Gasteiger partial charge in [0.15, 0.2) is 0 Å². The number of carbonyl (C=O) groups excluding carboxylic acids is 1. The zero-order valence-corrected chi connectivity index (χ0v) is 14.2. The standard InChI is InChI=1S/C19H18F3N3O/c1-12(13-4-6-14(7-5-13)19(20,21)22)24-17(26)25-11-18(8-9-18)16-15(25)3-2-10-23-16/h2-7,10,12H,8-9,11H2,1H3,(H,24,26). The number of nitrogens with zero attached hydrogens (tertiary/aromatic N) is 2. The Morgan fingerprint density at radius 3 is 2.54 bits per heavy atom. The molecule has 0 radical (unpaired) electrons. The molecular formula is C19H18F3N3O. The second-order valence-corrected chi connectivity index (χ2v) is 7.03. The molecule has 1 aromatic carbocycles. The first-order valence-electron chi connectivity index (χ1n) is 8.51.